The molecule has 0 spiro atoms. The Balaban J connectivity index is 1.57. The molecule has 0 atom stereocenters. The SMILES string of the molecule is O=C(/C=C/c1ccccc1Cl)NCc1nc(-c2ccccc2)no1. The Morgan fingerprint density at radius 2 is 1.88 bits per heavy atom. The molecule has 0 unspecified atom stereocenters. The molecule has 0 bridgehead atoms. The van der Waals surface area contributed by atoms with E-state index in [-0.39, 0.29) is 12.5 Å². The third kappa shape index (κ3) is 4.08. The molecule has 0 saturated heterocycles. The number of hydrogen-bond acceptors (Lipinski definition) is 4. The molecule has 5 nitrogen and oxygen atoms in total. The summed E-state index contributed by atoms with van der Waals surface area (Å²) in [4.78, 5) is 16.1. The quantitative estimate of drug-likeness (QED) is 0.719. The third-order valence-corrected chi connectivity index (χ3v) is 3.58. The van der Waals surface area contributed by atoms with Crippen LogP contribution in [0.2, 0.25) is 5.02 Å². The molecule has 0 saturated carbocycles. The lowest BCUT2D eigenvalue weighted by Crippen LogP contribution is -2.20. The molecule has 3 rings (SSSR count). The highest BCUT2D eigenvalue weighted by Gasteiger charge is 2.08. The van der Waals surface area contributed by atoms with Crippen molar-refractivity contribution in [3.8, 4) is 11.4 Å². The van der Waals surface area contributed by atoms with Crippen LogP contribution in [0.15, 0.2) is 65.2 Å². The Labute approximate surface area is 144 Å². The van der Waals surface area contributed by atoms with Crippen LogP contribution in [0.3, 0.4) is 0 Å². The van der Waals surface area contributed by atoms with Gasteiger partial charge in [0.15, 0.2) is 0 Å². The Kier molecular flexibility index (Phi) is 5.03. The minimum absolute atomic E-state index is 0.158. The van der Waals surface area contributed by atoms with Gasteiger partial charge in [-0.25, -0.2) is 0 Å². The lowest BCUT2D eigenvalue weighted by Gasteiger charge is -1.98. The fourth-order valence-electron chi connectivity index (χ4n) is 2.03. The standard InChI is InChI=1S/C18H14ClN3O2/c19-15-9-5-4-6-13(15)10-11-16(23)20-12-17-21-18(22-24-17)14-7-2-1-3-8-14/h1-11H,12H2,(H,20,23)/b11-10+. The molecule has 6 heteroatoms. The smallest absolute Gasteiger partial charge is 0.246 e. The van der Waals surface area contributed by atoms with Gasteiger partial charge in [0.25, 0.3) is 0 Å². The van der Waals surface area contributed by atoms with Crippen LogP contribution in [0, 0.1) is 0 Å². The second kappa shape index (κ2) is 7.57. The summed E-state index contributed by atoms with van der Waals surface area (Å²) in [5, 5.41) is 7.17. The number of amides is 1. The average molecular weight is 340 g/mol. The van der Waals surface area contributed by atoms with E-state index < -0.39 is 0 Å². The minimum Gasteiger partial charge on any atom is -0.343 e. The molecule has 0 aliphatic carbocycles. The molecule has 1 aromatic heterocycles. The Bertz CT molecular complexity index is 859. The summed E-state index contributed by atoms with van der Waals surface area (Å²) in [6, 6.07) is 16.8. The molecule has 0 aliphatic heterocycles. The van der Waals surface area contributed by atoms with E-state index in [0.717, 1.165) is 11.1 Å². The van der Waals surface area contributed by atoms with Gasteiger partial charge in [-0.05, 0) is 17.7 Å². The zero-order valence-corrected chi connectivity index (χ0v) is 13.4. The molecule has 24 heavy (non-hydrogen) atoms. The van der Waals surface area contributed by atoms with Gasteiger partial charge >= 0.3 is 0 Å². The lowest BCUT2D eigenvalue weighted by atomic mass is 10.2. The fraction of sp³-hybridized carbons (Fsp3) is 0.0556. The van der Waals surface area contributed by atoms with Crippen molar-refractivity contribution in [2.45, 2.75) is 6.54 Å². The summed E-state index contributed by atoms with van der Waals surface area (Å²) in [6.07, 6.45) is 3.07. The molecule has 1 N–H and O–H groups in total. The first-order valence-corrected chi connectivity index (χ1v) is 7.68. The normalized spacial score (nSPS) is 10.9. The molecule has 120 valence electrons. The minimum atomic E-state index is -0.269. The Morgan fingerprint density at radius 1 is 1.12 bits per heavy atom. The molecular formula is C18H14ClN3O2. The number of rotatable bonds is 5. The molecule has 0 radical (unpaired) electrons. The van der Waals surface area contributed by atoms with Crippen LogP contribution in [0.4, 0.5) is 0 Å². The zero-order valence-electron chi connectivity index (χ0n) is 12.6. The van der Waals surface area contributed by atoms with Crippen molar-refractivity contribution in [1.82, 2.24) is 15.5 Å². The molecule has 1 heterocycles. The monoisotopic (exact) mass is 339 g/mol. The molecule has 0 aliphatic rings. The number of nitrogens with zero attached hydrogens (tertiary/aromatic N) is 2. The molecule has 3 aromatic rings. The predicted octanol–water partition coefficient (Wildman–Crippen LogP) is 3.72. The van der Waals surface area contributed by atoms with E-state index in [4.69, 9.17) is 16.1 Å². The molecule has 1 amide bonds. The van der Waals surface area contributed by atoms with Crippen molar-refractivity contribution in [2.24, 2.45) is 0 Å². The fourth-order valence-corrected chi connectivity index (χ4v) is 2.23. The van der Waals surface area contributed by atoms with Gasteiger partial charge < -0.3 is 9.84 Å². The maximum atomic E-state index is 11.8. The Hall–Kier alpha value is -2.92. The van der Waals surface area contributed by atoms with E-state index in [1.165, 1.54) is 6.08 Å². The highest BCUT2D eigenvalue weighted by atomic mass is 35.5. The van der Waals surface area contributed by atoms with Crippen molar-refractivity contribution < 1.29 is 9.32 Å². The Morgan fingerprint density at radius 3 is 2.67 bits per heavy atom. The number of carbonyl (C=O) groups is 1. The molecule has 2 aromatic carbocycles. The van der Waals surface area contributed by atoms with Crippen LogP contribution in [-0.2, 0) is 11.3 Å². The van der Waals surface area contributed by atoms with Crippen LogP contribution in [-0.4, -0.2) is 16.0 Å². The summed E-state index contributed by atoms with van der Waals surface area (Å²) in [5.41, 5.74) is 1.64. The van der Waals surface area contributed by atoms with Crippen molar-refractivity contribution >= 4 is 23.6 Å². The van der Waals surface area contributed by atoms with Crippen molar-refractivity contribution in [3.63, 3.8) is 0 Å². The van der Waals surface area contributed by atoms with Gasteiger partial charge in [0, 0.05) is 16.7 Å². The van der Waals surface area contributed by atoms with Gasteiger partial charge in [0.2, 0.25) is 17.6 Å². The summed E-state index contributed by atoms with van der Waals surface area (Å²) in [7, 11) is 0. The number of benzene rings is 2. The van der Waals surface area contributed by atoms with E-state index in [1.54, 1.807) is 12.1 Å². The number of halogens is 1. The van der Waals surface area contributed by atoms with Crippen LogP contribution < -0.4 is 5.32 Å². The second-order valence-electron chi connectivity index (χ2n) is 4.95. The number of aromatic nitrogens is 2. The number of hydrogen-bond donors (Lipinski definition) is 1. The second-order valence-corrected chi connectivity index (χ2v) is 5.36. The highest BCUT2D eigenvalue weighted by Crippen LogP contribution is 2.16. The van der Waals surface area contributed by atoms with Gasteiger partial charge in [-0.2, -0.15) is 4.98 Å². The predicted molar refractivity (Wildman–Crippen MR) is 92.1 cm³/mol. The summed E-state index contributed by atoms with van der Waals surface area (Å²) in [5.74, 6) is 0.564. The summed E-state index contributed by atoms with van der Waals surface area (Å²) < 4.78 is 5.13. The summed E-state index contributed by atoms with van der Waals surface area (Å²) >= 11 is 6.03. The molecule has 0 fully saturated rings. The first kappa shape index (κ1) is 16.0. The van der Waals surface area contributed by atoms with E-state index >= 15 is 0 Å². The van der Waals surface area contributed by atoms with E-state index in [2.05, 4.69) is 15.5 Å². The van der Waals surface area contributed by atoms with Crippen LogP contribution in [0.25, 0.3) is 17.5 Å². The summed E-state index contributed by atoms with van der Waals surface area (Å²) in [6.45, 7) is 0.158. The van der Waals surface area contributed by atoms with E-state index in [0.29, 0.717) is 16.7 Å². The van der Waals surface area contributed by atoms with Crippen LogP contribution in [0.1, 0.15) is 11.5 Å². The average Bonchev–Trinajstić information content (AvgIpc) is 3.09. The first-order valence-electron chi connectivity index (χ1n) is 7.31. The third-order valence-electron chi connectivity index (χ3n) is 3.23. The highest BCUT2D eigenvalue weighted by molar-refractivity contribution is 6.32. The number of carbonyl (C=O) groups excluding carboxylic acids is 1. The maximum Gasteiger partial charge on any atom is 0.246 e. The maximum absolute atomic E-state index is 11.8. The molecular weight excluding hydrogens is 326 g/mol. The van der Waals surface area contributed by atoms with Crippen molar-refractivity contribution in [2.75, 3.05) is 0 Å². The van der Waals surface area contributed by atoms with Gasteiger partial charge in [0.05, 0.1) is 6.54 Å². The van der Waals surface area contributed by atoms with Gasteiger partial charge in [-0.3, -0.25) is 4.79 Å². The van der Waals surface area contributed by atoms with E-state index in [9.17, 15) is 4.79 Å². The number of nitrogens with one attached hydrogen (secondary N) is 1. The van der Waals surface area contributed by atoms with Gasteiger partial charge in [-0.15, -0.1) is 0 Å². The van der Waals surface area contributed by atoms with Gasteiger partial charge in [0.1, 0.15) is 0 Å². The largest absolute Gasteiger partial charge is 0.343 e. The van der Waals surface area contributed by atoms with E-state index in [1.807, 2.05) is 48.5 Å². The van der Waals surface area contributed by atoms with Crippen LogP contribution in [0.5, 0.6) is 0 Å². The first-order chi connectivity index (χ1) is 11.7. The van der Waals surface area contributed by atoms with Crippen molar-refractivity contribution in [3.05, 3.63) is 77.2 Å². The van der Waals surface area contributed by atoms with Crippen molar-refractivity contribution in [1.29, 1.82) is 0 Å². The van der Waals surface area contributed by atoms with Crippen LogP contribution >= 0.6 is 11.6 Å². The lowest BCUT2D eigenvalue weighted by molar-refractivity contribution is -0.116. The van der Waals surface area contributed by atoms with Gasteiger partial charge in [-0.1, -0.05) is 65.3 Å². The zero-order chi connectivity index (χ0) is 16.8. The topological polar surface area (TPSA) is 68.0 Å².